The van der Waals surface area contributed by atoms with E-state index >= 15 is 0 Å². The van der Waals surface area contributed by atoms with Gasteiger partial charge in [-0.1, -0.05) is 35.9 Å². The van der Waals surface area contributed by atoms with E-state index < -0.39 is 17.8 Å². The van der Waals surface area contributed by atoms with Gasteiger partial charge in [-0.15, -0.1) is 0 Å². The summed E-state index contributed by atoms with van der Waals surface area (Å²) in [5.41, 5.74) is 1.17. The lowest BCUT2D eigenvalue weighted by Gasteiger charge is -2.13. The van der Waals surface area contributed by atoms with Crippen LogP contribution in [0.3, 0.4) is 0 Å². The van der Waals surface area contributed by atoms with E-state index in [1.807, 2.05) is 18.2 Å². The lowest BCUT2D eigenvalue weighted by Crippen LogP contribution is -2.33. The molecule has 0 atom stereocenters. The zero-order chi connectivity index (χ0) is 24.3. The van der Waals surface area contributed by atoms with Crippen molar-refractivity contribution in [3.8, 4) is 11.3 Å². The highest BCUT2D eigenvalue weighted by Gasteiger charge is 2.30. The number of aromatic nitrogens is 3. The van der Waals surface area contributed by atoms with Gasteiger partial charge in [0.2, 0.25) is 0 Å². The Morgan fingerprint density at radius 1 is 1.09 bits per heavy atom. The zero-order valence-electron chi connectivity index (χ0n) is 17.3. The second-order valence-corrected chi connectivity index (χ2v) is 8.38. The molecule has 2 heterocycles. The second kappa shape index (κ2) is 9.90. The summed E-state index contributed by atoms with van der Waals surface area (Å²) in [5.74, 6) is 0.616. The van der Waals surface area contributed by atoms with Crippen molar-refractivity contribution in [3.05, 3.63) is 75.9 Å². The number of anilines is 2. The molecule has 3 N–H and O–H groups in total. The first-order valence-corrected chi connectivity index (χ1v) is 11.1. The fourth-order valence-electron chi connectivity index (χ4n) is 3.18. The average molecular weight is 554 g/mol. The van der Waals surface area contributed by atoms with Gasteiger partial charge < -0.3 is 16.0 Å². The third-order valence-corrected chi connectivity index (χ3v) is 5.63. The fourth-order valence-corrected chi connectivity index (χ4v) is 3.76. The molecule has 2 aromatic heterocycles. The van der Waals surface area contributed by atoms with Crippen molar-refractivity contribution in [2.75, 3.05) is 23.7 Å². The molecule has 176 valence electrons. The Morgan fingerprint density at radius 2 is 1.88 bits per heavy atom. The number of halogens is 5. The number of fused-ring (bicyclic) bond motifs is 1. The van der Waals surface area contributed by atoms with Crippen LogP contribution in [0.5, 0.6) is 0 Å². The van der Waals surface area contributed by atoms with Crippen LogP contribution in [0, 0.1) is 0 Å². The van der Waals surface area contributed by atoms with Crippen molar-refractivity contribution in [3.63, 3.8) is 0 Å². The Hall–Kier alpha value is -3.31. The molecule has 2 aromatic carbocycles. The second-order valence-electron chi connectivity index (χ2n) is 7.12. The predicted octanol–water partition coefficient (Wildman–Crippen LogP) is 6.06. The highest BCUT2D eigenvalue weighted by molar-refractivity contribution is 9.10. The van der Waals surface area contributed by atoms with E-state index in [9.17, 15) is 18.0 Å². The SMILES string of the molecule is O=C(NCCNc1cc(-c2ccccc2Cl)nc2c(Br)cnn12)Nc1cccc(C(F)(F)F)c1. The van der Waals surface area contributed by atoms with Crippen molar-refractivity contribution < 1.29 is 18.0 Å². The molecule has 7 nitrogen and oxygen atoms in total. The van der Waals surface area contributed by atoms with Crippen LogP contribution in [0.25, 0.3) is 16.9 Å². The maximum atomic E-state index is 12.8. The third kappa shape index (κ3) is 5.42. The van der Waals surface area contributed by atoms with Gasteiger partial charge in [0.05, 0.1) is 21.9 Å². The highest BCUT2D eigenvalue weighted by atomic mass is 79.9. The number of benzene rings is 2. The Balaban J connectivity index is 1.41. The number of nitrogens with zero attached hydrogens (tertiary/aromatic N) is 3. The molecule has 0 aliphatic heterocycles. The number of hydrogen-bond acceptors (Lipinski definition) is 4. The molecule has 34 heavy (non-hydrogen) atoms. The van der Waals surface area contributed by atoms with Gasteiger partial charge in [-0.25, -0.2) is 9.78 Å². The smallest absolute Gasteiger partial charge is 0.368 e. The minimum Gasteiger partial charge on any atom is -0.368 e. The first-order valence-electron chi connectivity index (χ1n) is 9.97. The van der Waals surface area contributed by atoms with Crippen LogP contribution in [0.2, 0.25) is 5.02 Å². The maximum absolute atomic E-state index is 12.8. The zero-order valence-corrected chi connectivity index (χ0v) is 19.7. The number of alkyl halides is 3. The van der Waals surface area contributed by atoms with Crippen LogP contribution in [0.1, 0.15) is 5.56 Å². The normalized spacial score (nSPS) is 11.4. The van der Waals surface area contributed by atoms with Gasteiger partial charge in [-0.05, 0) is 40.2 Å². The minimum atomic E-state index is -4.49. The number of carbonyl (C=O) groups is 1. The minimum absolute atomic E-state index is 0.0434. The van der Waals surface area contributed by atoms with Crippen molar-refractivity contribution in [1.29, 1.82) is 0 Å². The van der Waals surface area contributed by atoms with Gasteiger partial charge in [0, 0.05) is 35.4 Å². The Bertz CT molecular complexity index is 1340. The molecule has 0 spiro atoms. The summed E-state index contributed by atoms with van der Waals surface area (Å²) in [6.45, 7) is 0.507. The van der Waals surface area contributed by atoms with Crippen LogP contribution in [0.15, 0.2) is 65.3 Å². The summed E-state index contributed by atoms with van der Waals surface area (Å²) < 4.78 is 40.8. The van der Waals surface area contributed by atoms with E-state index in [0.717, 1.165) is 17.7 Å². The van der Waals surface area contributed by atoms with Gasteiger partial charge in [0.1, 0.15) is 5.82 Å². The van der Waals surface area contributed by atoms with E-state index in [1.165, 1.54) is 12.1 Å². The van der Waals surface area contributed by atoms with E-state index in [0.29, 0.717) is 33.2 Å². The molecule has 2 amide bonds. The summed E-state index contributed by atoms with van der Waals surface area (Å²) >= 11 is 9.76. The molecule has 12 heteroatoms. The van der Waals surface area contributed by atoms with Crippen molar-refractivity contribution in [1.82, 2.24) is 19.9 Å². The summed E-state index contributed by atoms with van der Waals surface area (Å²) in [5, 5.41) is 13.0. The van der Waals surface area contributed by atoms with Crippen LogP contribution in [-0.2, 0) is 6.18 Å². The molecule has 0 aliphatic rings. The van der Waals surface area contributed by atoms with Gasteiger partial charge in [-0.3, -0.25) is 0 Å². The van der Waals surface area contributed by atoms with Crippen LogP contribution < -0.4 is 16.0 Å². The number of nitrogens with one attached hydrogen (secondary N) is 3. The molecule has 0 saturated heterocycles. The molecular formula is C22H17BrClF3N6O. The Morgan fingerprint density at radius 3 is 2.65 bits per heavy atom. The Kier molecular flexibility index (Phi) is 6.94. The fraction of sp³-hybridized carbons (Fsp3) is 0.136. The molecule has 0 fully saturated rings. The lowest BCUT2D eigenvalue weighted by molar-refractivity contribution is -0.137. The lowest BCUT2D eigenvalue weighted by atomic mass is 10.1. The molecule has 4 rings (SSSR count). The number of carbonyl (C=O) groups excluding carboxylic acids is 1. The molecule has 0 saturated carbocycles. The molecular weight excluding hydrogens is 537 g/mol. The quantitative estimate of drug-likeness (QED) is 0.253. The summed E-state index contributed by atoms with van der Waals surface area (Å²) in [6.07, 6.45) is -2.87. The van der Waals surface area contributed by atoms with E-state index in [4.69, 9.17) is 11.6 Å². The van der Waals surface area contributed by atoms with Crippen LogP contribution in [0.4, 0.5) is 29.5 Å². The van der Waals surface area contributed by atoms with Crippen molar-refractivity contribution in [2.24, 2.45) is 0 Å². The maximum Gasteiger partial charge on any atom is 0.416 e. The van der Waals surface area contributed by atoms with Gasteiger partial charge in [-0.2, -0.15) is 22.8 Å². The van der Waals surface area contributed by atoms with Crippen molar-refractivity contribution >= 4 is 50.7 Å². The average Bonchev–Trinajstić information content (AvgIpc) is 3.17. The number of rotatable bonds is 6. The summed E-state index contributed by atoms with van der Waals surface area (Å²) in [6, 6.07) is 12.9. The topological polar surface area (TPSA) is 83.3 Å². The highest BCUT2D eigenvalue weighted by Crippen LogP contribution is 2.31. The first kappa shape index (κ1) is 23.8. The van der Waals surface area contributed by atoms with Crippen molar-refractivity contribution in [2.45, 2.75) is 6.18 Å². The summed E-state index contributed by atoms with van der Waals surface area (Å²) in [7, 11) is 0. The number of amides is 2. The molecule has 4 aromatic rings. The van der Waals surface area contributed by atoms with Crippen LogP contribution >= 0.6 is 27.5 Å². The first-order chi connectivity index (χ1) is 16.2. The Labute approximate surface area is 205 Å². The number of urea groups is 1. The standard InChI is InChI=1S/C22H17BrClF3N6O/c23-16-12-30-33-19(11-18(32-20(16)33)15-6-1-2-7-17(15)24)28-8-9-29-21(34)31-14-5-3-4-13(10-14)22(25,26)27/h1-7,10-12,28H,8-9H2,(H2,29,31,34). The monoisotopic (exact) mass is 552 g/mol. The van der Waals surface area contributed by atoms with E-state index in [2.05, 4.69) is 42.0 Å². The molecule has 0 unspecified atom stereocenters. The molecule has 0 aliphatic carbocycles. The van der Waals surface area contributed by atoms with Gasteiger partial charge >= 0.3 is 12.2 Å². The number of hydrogen-bond donors (Lipinski definition) is 3. The van der Waals surface area contributed by atoms with Crippen LogP contribution in [-0.4, -0.2) is 33.7 Å². The molecule has 0 radical (unpaired) electrons. The van der Waals surface area contributed by atoms with E-state index in [1.54, 1.807) is 22.8 Å². The van der Waals surface area contributed by atoms with Gasteiger partial charge in [0.15, 0.2) is 5.65 Å². The summed E-state index contributed by atoms with van der Waals surface area (Å²) in [4.78, 5) is 16.7. The largest absolute Gasteiger partial charge is 0.416 e. The predicted molar refractivity (Wildman–Crippen MR) is 128 cm³/mol. The van der Waals surface area contributed by atoms with Gasteiger partial charge in [0.25, 0.3) is 0 Å². The third-order valence-electron chi connectivity index (χ3n) is 4.74. The van der Waals surface area contributed by atoms with E-state index in [-0.39, 0.29) is 12.2 Å². The molecule has 0 bridgehead atoms.